The highest BCUT2D eigenvalue weighted by Gasteiger charge is 2.53. The lowest BCUT2D eigenvalue weighted by molar-refractivity contribution is -0.149. The molecule has 1 saturated heterocycles. The average molecular weight is 280 g/mol. The SMILES string of the molecule is CCC1CCCC(C2C(=O)OC3C(C)CCCC32)C1O. The summed E-state index contributed by atoms with van der Waals surface area (Å²) in [7, 11) is 0. The highest BCUT2D eigenvalue weighted by molar-refractivity contribution is 5.76. The van der Waals surface area contributed by atoms with Crippen LogP contribution >= 0.6 is 0 Å². The van der Waals surface area contributed by atoms with Gasteiger partial charge in [0.25, 0.3) is 0 Å². The maximum atomic E-state index is 12.4. The molecule has 2 saturated carbocycles. The normalized spacial score (nSPS) is 48.8. The number of esters is 1. The maximum absolute atomic E-state index is 12.4. The largest absolute Gasteiger partial charge is 0.462 e. The molecule has 7 atom stereocenters. The van der Waals surface area contributed by atoms with Gasteiger partial charge in [-0.25, -0.2) is 0 Å². The molecule has 0 aromatic heterocycles. The molecule has 1 heterocycles. The molecule has 3 nitrogen and oxygen atoms in total. The van der Waals surface area contributed by atoms with E-state index in [-0.39, 0.29) is 30.0 Å². The van der Waals surface area contributed by atoms with Crippen LogP contribution in [0.2, 0.25) is 0 Å². The Morgan fingerprint density at radius 2 is 1.85 bits per heavy atom. The number of rotatable bonds is 2. The Morgan fingerprint density at radius 3 is 2.60 bits per heavy atom. The van der Waals surface area contributed by atoms with Crippen LogP contribution in [0.15, 0.2) is 0 Å². The van der Waals surface area contributed by atoms with Gasteiger partial charge in [-0.1, -0.05) is 33.1 Å². The highest BCUT2D eigenvalue weighted by Crippen LogP contribution is 2.48. The number of aliphatic hydroxyl groups excluding tert-OH is 1. The Hall–Kier alpha value is -0.570. The first-order chi connectivity index (χ1) is 9.63. The molecule has 3 fully saturated rings. The van der Waals surface area contributed by atoms with E-state index in [4.69, 9.17) is 4.74 Å². The summed E-state index contributed by atoms with van der Waals surface area (Å²) in [4.78, 5) is 12.4. The lowest BCUT2D eigenvalue weighted by Crippen LogP contribution is -2.42. The van der Waals surface area contributed by atoms with Gasteiger partial charge < -0.3 is 9.84 Å². The number of aliphatic hydroxyl groups is 1. The number of hydrogen-bond donors (Lipinski definition) is 1. The van der Waals surface area contributed by atoms with Gasteiger partial charge in [0, 0.05) is 5.92 Å². The van der Waals surface area contributed by atoms with Gasteiger partial charge in [0.05, 0.1) is 12.0 Å². The van der Waals surface area contributed by atoms with Gasteiger partial charge >= 0.3 is 5.97 Å². The van der Waals surface area contributed by atoms with Crippen LogP contribution in [0.1, 0.15) is 58.8 Å². The second-order valence-corrected chi connectivity index (χ2v) is 7.25. The minimum atomic E-state index is -0.303. The standard InChI is InChI=1S/C17H28O3/c1-3-11-7-5-8-12(15(11)18)14-13-9-4-6-10(2)16(13)20-17(14)19/h10-16,18H,3-9H2,1-2H3. The highest BCUT2D eigenvalue weighted by atomic mass is 16.6. The molecule has 0 spiro atoms. The molecule has 114 valence electrons. The number of ether oxygens (including phenoxy) is 1. The molecule has 7 unspecified atom stereocenters. The van der Waals surface area contributed by atoms with Gasteiger partial charge in [0.1, 0.15) is 6.10 Å². The Labute approximate surface area is 122 Å². The Kier molecular flexibility index (Phi) is 4.07. The number of fused-ring (bicyclic) bond motifs is 1. The van der Waals surface area contributed by atoms with E-state index in [0.29, 0.717) is 17.8 Å². The van der Waals surface area contributed by atoms with Crippen LogP contribution < -0.4 is 0 Å². The molecule has 0 aromatic rings. The van der Waals surface area contributed by atoms with Gasteiger partial charge in [-0.05, 0) is 43.4 Å². The van der Waals surface area contributed by atoms with Crippen molar-refractivity contribution in [1.82, 2.24) is 0 Å². The molecule has 20 heavy (non-hydrogen) atoms. The van der Waals surface area contributed by atoms with E-state index in [1.54, 1.807) is 0 Å². The predicted octanol–water partition coefficient (Wildman–Crippen LogP) is 3.15. The monoisotopic (exact) mass is 280 g/mol. The molecule has 2 aliphatic carbocycles. The van der Waals surface area contributed by atoms with E-state index >= 15 is 0 Å². The van der Waals surface area contributed by atoms with Crippen molar-refractivity contribution in [2.24, 2.45) is 29.6 Å². The van der Waals surface area contributed by atoms with Gasteiger partial charge in [0.15, 0.2) is 0 Å². The van der Waals surface area contributed by atoms with Crippen molar-refractivity contribution in [3.8, 4) is 0 Å². The van der Waals surface area contributed by atoms with Crippen molar-refractivity contribution in [1.29, 1.82) is 0 Å². The third-order valence-corrected chi connectivity index (χ3v) is 6.19. The molecule has 0 radical (unpaired) electrons. The summed E-state index contributed by atoms with van der Waals surface area (Å²) < 4.78 is 5.71. The summed E-state index contributed by atoms with van der Waals surface area (Å²) in [6, 6.07) is 0. The zero-order chi connectivity index (χ0) is 14.3. The predicted molar refractivity (Wildman–Crippen MR) is 77.0 cm³/mol. The van der Waals surface area contributed by atoms with E-state index in [0.717, 1.165) is 32.1 Å². The molecule has 3 rings (SSSR count). The Balaban J connectivity index is 1.80. The van der Waals surface area contributed by atoms with Crippen LogP contribution in [0, 0.1) is 29.6 Å². The minimum absolute atomic E-state index is 0.0189. The van der Waals surface area contributed by atoms with Crippen LogP contribution in [0.3, 0.4) is 0 Å². The average Bonchev–Trinajstić information content (AvgIpc) is 2.77. The van der Waals surface area contributed by atoms with E-state index in [2.05, 4.69) is 13.8 Å². The third-order valence-electron chi connectivity index (χ3n) is 6.19. The van der Waals surface area contributed by atoms with Gasteiger partial charge in [-0.3, -0.25) is 4.79 Å². The van der Waals surface area contributed by atoms with Crippen molar-refractivity contribution in [3.63, 3.8) is 0 Å². The summed E-state index contributed by atoms with van der Waals surface area (Å²) in [5, 5.41) is 10.7. The molecule has 0 amide bonds. The third kappa shape index (κ3) is 2.28. The molecule has 3 aliphatic rings. The quantitative estimate of drug-likeness (QED) is 0.790. The number of carbonyl (C=O) groups is 1. The second-order valence-electron chi connectivity index (χ2n) is 7.25. The molecular weight excluding hydrogens is 252 g/mol. The smallest absolute Gasteiger partial charge is 0.310 e. The Morgan fingerprint density at radius 1 is 1.15 bits per heavy atom. The molecule has 3 heteroatoms. The molecule has 1 aliphatic heterocycles. The minimum Gasteiger partial charge on any atom is -0.462 e. The fraction of sp³-hybridized carbons (Fsp3) is 0.941. The maximum Gasteiger partial charge on any atom is 0.310 e. The van der Waals surface area contributed by atoms with Crippen molar-refractivity contribution < 1.29 is 14.6 Å². The van der Waals surface area contributed by atoms with E-state index in [1.165, 1.54) is 12.8 Å². The van der Waals surface area contributed by atoms with E-state index in [1.807, 2.05) is 0 Å². The van der Waals surface area contributed by atoms with E-state index < -0.39 is 0 Å². The summed E-state index contributed by atoms with van der Waals surface area (Å²) >= 11 is 0. The van der Waals surface area contributed by atoms with Gasteiger partial charge in [-0.15, -0.1) is 0 Å². The lowest BCUT2D eigenvalue weighted by Gasteiger charge is -2.39. The fourth-order valence-electron chi connectivity index (χ4n) is 5.04. The van der Waals surface area contributed by atoms with Crippen molar-refractivity contribution in [2.45, 2.75) is 71.0 Å². The summed E-state index contributed by atoms with van der Waals surface area (Å²) in [6.45, 7) is 4.35. The first-order valence-electron chi connectivity index (χ1n) is 8.52. The molecule has 1 N–H and O–H groups in total. The number of carbonyl (C=O) groups excluding carboxylic acids is 1. The van der Waals surface area contributed by atoms with Crippen LogP contribution in [0.25, 0.3) is 0 Å². The summed E-state index contributed by atoms with van der Waals surface area (Å²) in [6.07, 6.45) is 7.57. The van der Waals surface area contributed by atoms with Gasteiger partial charge in [-0.2, -0.15) is 0 Å². The molecule has 0 bridgehead atoms. The van der Waals surface area contributed by atoms with Crippen LogP contribution in [0.5, 0.6) is 0 Å². The zero-order valence-corrected chi connectivity index (χ0v) is 12.8. The van der Waals surface area contributed by atoms with Crippen molar-refractivity contribution in [3.05, 3.63) is 0 Å². The first kappa shape index (κ1) is 14.4. The van der Waals surface area contributed by atoms with Crippen molar-refractivity contribution >= 4 is 5.97 Å². The van der Waals surface area contributed by atoms with Gasteiger partial charge in [0.2, 0.25) is 0 Å². The van der Waals surface area contributed by atoms with Crippen LogP contribution in [0.4, 0.5) is 0 Å². The van der Waals surface area contributed by atoms with Crippen LogP contribution in [-0.2, 0) is 9.53 Å². The topological polar surface area (TPSA) is 46.5 Å². The van der Waals surface area contributed by atoms with Crippen LogP contribution in [-0.4, -0.2) is 23.3 Å². The Bertz CT molecular complexity index is 367. The first-order valence-corrected chi connectivity index (χ1v) is 8.52. The summed E-state index contributed by atoms with van der Waals surface area (Å²) in [5.74, 6) is 1.32. The molecular formula is C17H28O3. The lowest BCUT2D eigenvalue weighted by atomic mass is 9.65. The summed E-state index contributed by atoms with van der Waals surface area (Å²) in [5.41, 5.74) is 0. The van der Waals surface area contributed by atoms with Crippen molar-refractivity contribution in [2.75, 3.05) is 0 Å². The zero-order valence-electron chi connectivity index (χ0n) is 12.8. The molecule has 0 aromatic carbocycles. The fourth-order valence-corrected chi connectivity index (χ4v) is 5.04. The second kappa shape index (κ2) is 5.67. The van der Waals surface area contributed by atoms with E-state index in [9.17, 15) is 9.90 Å². The number of hydrogen-bond acceptors (Lipinski definition) is 3.